The number of nitrogens with zero attached hydrogens (tertiary/aromatic N) is 1. The van der Waals surface area contributed by atoms with Gasteiger partial charge >= 0.3 is 5.97 Å². The van der Waals surface area contributed by atoms with Gasteiger partial charge in [-0.05, 0) is 24.3 Å². The fourth-order valence-corrected chi connectivity index (χ4v) is 2.18. The average molecular weight is 401 g/mol. The summed E-state index contributed by atoms with van der Waals surface area (Å²) in [6, 6.07) is 4.56. The molecule has 2 aromatic rings. The Hall–Kier alpha value is -2.94. The summed E-state index contributed by atoms with van der Waals surface area (Å²) in [4.78, 5) is 36.6. The van der Waals surface area contributed by atoms with Crippen LogP contribution < -0.4 is 5.32 Å². The lowest BCUT2D eigenvalue weighted by Gasteiger charge is -2.16. The first-order valence-electron chi connectivity index (χ1n) is 7.62. The molecular weight excluding hydrogens is 386 g/mol. The van der Waals surface area contributed by atoms with Crippen molar-refractivity contribution < 1.29 is 32.3 Å². The van der Waals surface area contributed by atoms with Gasteiger partial charge in [0.05, 0.1) is 29.9 Å². The lowest BCUT2D eigenvalue weighted by molar-refractivity contribution is -0.137. The minimum absolute atomic E-state index is 0.164. The van der Waals surface area contributed by atoms with Crippen molar-refractivity contribution >= 4 is 29.4 Å². The molecule has 7 nitrogen and oxygen atoms in total. The van der Waals surface area contributed by atoms with Crippen LogP contribution in [0.3, 0.4) is 0 Å². The van der Waals surface area contributed by atoms with E-state index in [1.54, 1.807) is 12.1 Å². The molecule has 0 unspecified atom stereocenters. The number of furan rings is 1. The summed E-state index contributed by atoms with van der Waals surface area (Å²) in [6.45, 7) is -0.809. The van der Waals surface area contributed by atoms with E-state index >= 15 is 0 Å². The minimum Gasteiger partial charge on any atom is -0.467 e. The van der Waals surface area contributed by atoms with Crippen LogP contribution in [0.2, 0.25) is 5.02 Å². The first-order valence-corrected chi connectivity index (χ1v) is 8.00. The SMILES string of the molecule is CN(CC(=O)NCc1ccco1)C(=O)COC(=O)c1cc(F)c(F)cc1Cl. The molecular formula is C17H15ClF2N2O5. The van der Waals surface area contributed by atoms with Gasteiger partial charge < -0.3 is 19.4 Å². The van der Waals surface area contributed by atoms with E-state index < -0.39 is 41.6 Å². The Morgan fingerprint density at radius 2 is 1.96 bits per heavy atom. The van der Waals surface area contributed by atoms with Crippen molar-refractivity contribution in [3.05, 3.63) is 58.5 Å². The lowest BCUT2D eigenvalue weighted by atomic mass is 10.2. The number of esters is 1. The number of hydrogen-bond donors (Lipinski definition) is 1. The molecule has 1 aromatic carbocycles. The number of hydrogen-bond acceptors (Lipinski definition) is 5. The third-order valence-corrected chi connectivity index (χ3v) is 3.72. The van der Waals surface area contributed by atoms with E-state index in [1.807, 2.05) is 0 Å². The highest BCUT2D eigenvalue weighted by molar-refractivity contribution is 6.33. The second-order valence-electron chi connectivity index (χ2n) is 5.43. The predicted molar refractivity (Wildman–Crippen MR) is 89.8 cm³/mol. The van der Waals surface area contributed by atoms with Crippen molar-refractivity contribution in [2.45, 2.75) is 6.54 Å². The zero-order valence-corrected chi connectivity index (χ0v) is 14.9. The van der Waals surface area contributed by atoms with Crippen molar-refractivity contribution in [3.8, 4) is 0 Å². The number of rotatable bonds is 7. The largest absolute Gasteiger partial charge is 0.467 e. The number of benzene rings is 1. The van der Waals surface area contributed by atoms with Gasteiger partial charge in [-0.2, -0.15) is 0 Å². The first kappa shape index (κ1) is 20.4. The smallest absolute Gasteiger partial charge is 0.340 e. The Balaban J connectivity index is 1.81. The molecule has 2 rings (SSSR count). The topological polar surface area (TPSA) is 88.8 Å². The molecule has 0 bridgehead atoms. The number of nitrogens with one attached hydrogen (secondary N) is 1. The first-order chi connectivity index (χ1) is 12.8. The predicted octanol–water partition coefficient (Wildman–Crippen LogP) is 2.14. The maximum atomic E-state index is 13.2. The normalized spacial score (nSPS) is 10.4. The maximum Gasteiger partial charge on any atom is 0.340 e. The van der Waals surface area contributed by atoms with Crippen LogP contribution >= 0.6 is 11.6 Å². The van der Waals surface area contributed by atoms with Crippen LogP contribution in [0.25, 0.3) is 0 Å². The van der Waals surface area contributed by atoms with Crippen LogP contribution in [-0.4, -0.2) is 42.9 Å². The highest BCUT2D eigenvalue weighted by Gasteiger charge is 2.19. The molecule has 10 heteroatoms. The van der Waals surface area contributed by atoms with Crippen LogP contribution in [0.1, 0.15) is 16.1 Å². The molecule has 2 amide bonds. The molecule has 0 aliphatic rings. The van der Waals surface area contributed by atoms with E-state index in [9.17, 15) is 23.2 Å². The number of ether oxygens (including phenoxy) is 1. The number of carbonyl (C=O) groups excluding carboxylic acids is 3. The molecule has 0 saturated heterocycles. The summed E-state index contributed by atoms with van der Waals surface area (Å²) in [5.74, 6) is -4.15. The van der Waals surface area contributed by atoms with E-state index in [2.05, 4.69) is 5.32 Å². The molecule has 0 aliphatic carbocycles. The van der Waals surface area contributed by atoms with Crippen molar-refractivity contribution in [2.75, 3.05) is 20.2 Å². The van der Waals surface area contributed by atoms with E-state index in [0.29, 0.717) is 17.9 Å². The van der Waals surface area contributed by atoms with Gasteiger partial charge in [0.2, 0.25) is 5.91 Å². The van der Waals surface area contributed by atoms with Crippen LogP contribution in [0.4, 0.5) is 8.78 Å². The van der Waals surface area contributed by atoms with Crippen molar-refractivity contribution in [1.82, 2.24) is 10.2 Å². The van der Waals surface area contributed by atoms with Gasteiger partial charge in [-0.3, -0.25) is 9.59 Å². The van der Waals surface area contributed by atoms with Gasteiger partial charge in [-0.25, -0.2) is 13.6 Å². The van der Waals surface area contributed by atoms with Gasteiger partial charge in [0.25, 0.3) is 5.91 Å². The molecule has 1 heterocycles. The highest BCUT2D eigenvalue weighted by Crippen LogP contribution is 2.20. The molecule has 27 heavy (non-hydrogen) atoms. The molecule has 1 aromatic heterocycles. The van der Waals surface area contributed by atoms with E-state index in [-0.39, 0.29) is 18.1 Å². The van der Waals surface area contributed by atoms with Crippen LogP contribution in [-0.2, 0) is 20.9 Å². The Labute approximate surface area is 157 Å². The third kappa shape index (κ3) is 5.78. The maximum absolute atomic E-state index is 13.2. The summed E-state index contributed by atoms with van der Waals surface area (Å²) in [6.07, 6.45) is 1.46. The zero-order valence-electron chi connectivity index (χ0n) is 14.1. The standard InChI is InChI=1S/C17H15ClF2N2O5/c1-22(8-15(23)21-7-10-3-2-4-26-10)16(24)9-27-17(25)11-5-13(19)14(20)6-12(11)18/h2-6H,7-9H2,1H3,(H,21,23). The van der Waals surface area contributed by atoms with E-state index in [4.69, 9.17) is 20.8 Å². The Morgan fingerprint density at radius 1 is 1.26 bits per heavy atom. The minimum atomic E-state index is -1.27. The number of halogens is 3. The molecule has 0 radical (unpaired) electrons. The summed E-state index contributed by atoms with van der Waals surface area (Å²) >= 11 is 5.66. The second kappa shape index (κ2) is 9.13. The molecule has 1 N–H and O–H groups in total. The highest BCUT2D eigenvalue weighted by atomic mass is 35.5. The summed E-state index contributed by atoms with van der Waals surface area (Å²) in [5, 5.41) is 2.20. The summed E-state index contributed by atoms with van der Waals surface area (Å²) < 4.78 is 36.0. The molecule has 0 aliphatic heterocycles. The number of amides is 2. The van der Waals surface area contributed by atoms with Crippen LogP contribution in [0.15, 0.2) is 34.9 Å². The number of carbonyl (C=O) groups is 3. The van der Waals surface area contributed by atoms with E-state index in [1.165, 1.54) is 13.3 Å². The Kier molecular flexibility index (Phi) is 6.89. The second-order valence-corrected chi connectivity index (χ2v) is 5.84. The summed E-state index contributed by atoms with van der Waals surface area (Å²) in [5.41, 5.74) is -0.415. The molecule has 0 saturated carbocycles. The third-order valence-electron chi connectivity index (χ3n) is 3.40. The fraction of sp³-hybridized carbons (Fsp3) is 0.235. The molecule has 144 valence electrons. The fourth-order valence-electron chi connectivity index (χ4n) is 1.95. The summed E-state index contributed by atoms with van der Waals surface area (Å²) in [7, 11) is 1.34. The lowest BCUT2D eigenvalue weighted by Crippen LogP contribution is -2.39. The van der Waals surface area contributed by atoms with Gasteiger partial charge in [-0.15, -0.1) is 0 Å². The van der Waals surface area contributed by atoms with Crippen LogP contribution in [0.5, 0.6) is 0 Å². The monoisotopic (exact) mass is 400 g/mol. The van der Waals surface area contributed by atoms with Crippen molar-refractivity contribution in [1.29, 1.82) is 0 Å². The quantitative estimate of drug-likeness (QED) is 0.568. The number of likely N-dealkylation sites (N-methyl/N-ethyl adjacent to an activating group) is 1. The van der Waals surface area contributed by atoms with Gasteiger partial charge in [-0.1, -0.05) is 11.6 Å². The van der Waals surface area contributed by atoms with Crippen LogP contribution in [0, 0.1) is 11.6 Å². The average Bonchev–Trinajstić information content (AvgIpc) is 3.14. The van der Waals surface area contributed by atoms with Gasteiger partial charge in [0, 0.05) is 7.05 Å². The molecule has 0 atom stereocenters. The van der Waals surface area contributed by atoms with E-state index in [0.717, 1.165) is 4.90 Å². The van der Waals surface area contributed by atoms with Gasteiger partial charge in [0.1, 0.15) is 5.76 Å². The van der Waals surface area contributed by atoms with Crippen molar-refractivity contribution in [3.63, 3.8) is 0 Å². The molecule has 0 spiro atoms. The Bertz CT molecular complexity index is 842. The van der Waals surface area contributed by atoms with Crippen molar-refractivity contribution in [2.24, 2.45) is 0 Å². The zero-order chi connectivity index (χ0) is 20.0. The molecule has 0 fully saturated rings. The van der Waals surface area contributed by atoms with Gasteiger partial charge in [0.15, 0.2) is 18.2 Å². The Morgan fingerprint density at radius 3 is 2.63 bits per heavy atom.